The molecule has 0 aromatic heterocycles. The minimum Gasteiger partial charge on any atom is -0.494 e. The predicted molar refractivity (Wildman–Crippen MR) is 128 cm³/mol. The fraction of sp³-hybridized carbons (Fsp3) is 0.652. The number of carbonyl (C=O) groups excluding carboxylic acids is 1. The van der Waals surface area contributed by atoms with Gasteiger partial charge in [0.05, 0.1) is 24.0 Å². The van der Waals surface area contributed by atoms with E-state index < -0.39 is 22.8 Å². The summed E-state index contributed by atoms with van der Waals surface area (Å²) < 4.78 is 5.25. The van der Waals surface area contributed by atoms with E-state index in [9.17, 15) is 24.8 Å². The van der Waals surface area contributed by atoms with Gasteiger partial charge in [-0.3, -0.25) is 24.6 Å². The number of hydrogen-bond acceptors (Lipinski definition) is 7. The van der Waals surface area contributed by atoms with Crippen LogP contribution >= 0.6 is 0 Å². The van der Waals surface area contributed by atoms with Crippen LogP contribution < -0.4 is 15.4 Å². The Hall–Kier alpha value is -2.72. The van der Waals surface area contributed by atoms with E-state index in [4.69, 9.17) is 4.74 Å². The van der Waals surface area contributed by atoms with Crippen LogP contribution in [0.5, 0.6) is 5.75 Å². The molecule has 0 fully saturated rings. The number of ether oxygens (including phenoxy) is 1. The van der Waals surface area contributed by atoms with Crippen molar-refractivity contribution in [1.29, 1.82) is 0 Å². The molecule has 1 amide bonds. The zero-order valence-corrected chi connectivity index (χ0v) is 20.3. The summed E-state index contributed by atoms with van der Waals surface area (Å²) in [5.41, 5.74) is -0.316. The van der Waals surface area contributed by atoms with Crippen LogP contribution in [0.2, 0.25) is 0 Å². The summed E-state index contributed by atoms with van der Waals surface area (Å²) in [5, 5.41) is 26.1. The van der Waals surface area contributed by atoms with Gasteiger partial charge in [0, 0.05) is 12.1 Å². The lowest BCUT2D eigenvalue weighted by Crippen LogP contribution is -2.40. The molecule has 0 radical (unpaired) electrons. The lowest BCUT2D eigenvalue weighted by molar-refractivity contribution is -0.384. The standard InChI is InChI=1S/C23H38N4O6/c1-6-33-18-10-11-19(21(14-18)27(31)32)25-22(28)15-20(23(29)30)24-12-8-7-9-13-26(16(2)3)17(4)5/h10-11,14,16-17,20,24H,6-9,12-13,15H2,1-5H3,(H,25,28)(H,29,30)/t20-/m1/s1. The molecule has 10 heteroatoms. The Morgan fingerprint density at radius 1 is 1.15 bits per heavy atom. The number of carboxylic acids is 1. The number of unbranched alkanes of at least 4 members (excludes halogenated alkanes) is 2. The molecule has 3 N–H and O–H groups in total. The maximum absolute atomic E-state index is 12.4. The Kier molecular flexibility index (Phi) is 12.4. The summed E-state index contributed by atoms with van der Waals surface area (Å²) >= 11 is 0. The van der Waals surface area contributed by atoms with Gasteiger partial charge in [0.25, 0.3) is 5.69 Å². The van der Waals surface area contributed by atoms with Gasteiger partial charge in [-0.05, 0) is 72.7 Å². The normalized spacial score (nSPS) is 12.2. The fourth-order valence-corrected chi connectivity index (χ4v) is 3.64. The first-order valence-electron chi connectivity index (χ1n) is 11.5. The minimum atomic E-state index is -1.14. The van der Waals surface area contributed by atoms with Crippen molar-refractivity contribution in [2.24, 2.45) is 0 Å². The van der Waals surface area contributed by atoms with Gasteiger partial charge in [-0.25, -0.2) is 0 Å². The molecule has 1 rings (SSSR count). The molecule has 0 spiro atoms. The number of amides is 1. The lowest BCUT2D eigenvalue weighted by atomic mass is 10.1. The number of hydrogen-bond donors (Lipinski definition) is 3. The van der Waals surface area contributed by atoms with E-state index in [-0.39, 0.29) is 17.8 Å². The van der Waals surface area contributed by atoms with Gasteiger partial charge in [-0.15, -0.1) is 0 Å². The molecule has 0 saturated carbocycles. The zero-order valence-electron chi connectivity index (χ0n) is 20.3. The molecular weight excluding hydrogens is 428 g/mol. The second-order valence-corrected chi connectivity index (χ2v) is 8.45. The van der Waals surface area contributed by atoms with E-state index in [2.05, 4.69) is 43.2 Å². The first kappa shape index (κ1) is 28.3. The van der Waals surface area contributed by atoms with Crippen molar-refractivity contribution in [2.45, 2.75) is 78.4 Å². The van der Waals surface area contributed by atoms with Crippen molar-refractivity contribution in [3.63, 3.8) is 0 Å². The summed E-state index contributed by atoms with van der Waals surface area (Å²) in [6.07, 6.45) is 2.41. The first-order chi connectivity index (χ1) is 15.6. The number of nitro benzene ring substituents is 1. The lowest BCUT2D eigenvalue weighted by Gasteiger charge is -2.30. The summed E-state index contributed by atoms with van der Waals surface area (Å²) in [4.78, 5) is 37.1. The smallest absolute Gasteiger partial charge is 0.321 e. The summed E-state index contributed by atoms with van der Waals surface area (Å²) in [7, 11) is 0. The van der Waals surface area contributed by atoms with Crippen LogP contribution in [0.15, 0.2) is 18.2 Å². The van der Waals surface area contributed by atoms with Crippen LogP contribution in [-0.2, 0) is 9.59 Å². The number of rotatable bonds is 16. The van der Waals surface area contributed by atoms with Gasteiger partial charge in [-0.2, -0.15) is 0 Å². The molecule has 0 heterocycles. The van der Waals surface area contributed by atoms with Gasteiger partial charge in [0.2, 0.25) is 5.91 Å². The van der Waals surface area contributed by atoms with Crippen LogP contribution in [0.25, 0.3) is 0 Å². The van der Waals surface area contributed by atoms with Crippen molar-refractivity contribution >= 4 is 23.3 Å². The highest BCUT2D eigenvalue weighted by atomic mass is 16.6. The molecule has 1 atom stereocenters. The molecule has 10 nitrogen and oxygen atoms in total. The highest BCUT2D eigenvalue weighted by Gasteiger charge is 2.23. The molecular formula is C23H38N4O6. The van der Waals surface area contributed by atoms with Gasteiger partial charge in [-0.1, -0.05) is 6.42 Å². The highest BCUT2D eigenvalue weighted by Crippen LogP contribution is 2.29. The maximum atomic E-state index is 12.4. The second kappa shape index (κ2) is 14.4. The number of carboxylic acid groups (broad SMARTS) is 1. The Morgan fingerprint density at radius 3 is 2.36 bits per heavy atom. The number of anilines is 1. The molecule has 186 valence electrons. The zero-order chi connectivity index (χ0) is 25.0. The third kappa shape index (κ3) is 10.2. The largest absolute Gasteiger partial charge is 0.494 e. The molecule has 33 heavy (non-hydrogen) atoms. The van der Waals surface area contributed by atoms with Gasteiger partial charge in [0.1, 0.15) is 17.5 Å². The van der Waals surface area contributed by atoms with Crippen LogP contribution in [0.1, 0.15) is 60.3 Å². The molecule has 0 aliphatic carbocycles. The van der Waals surface area contributed by atoms with Gasteiger partial charge < -0.3 is 20.5 Å². The summed E-state index contributed by atoms with van der Waals surface area (Å²) in [6, 6.07) is 4.00. The molecule has 0 saturated heterocycles. The number of carbonyl (C=O) groups is 2. The maximum Gasteiger partial charge on any atom is 0.321 e. The molecule has 0 unspecified atom stereocenters. The third-order valence-electron chi connectivity index (χ3n) is 5.25. The first-order valence-corrected chi connectivity index (χ1v) is 11.5. The van der Waals surface area contributed by atoms with Crippen molar-refractivity contribution in [2.75, 3.05) is 25.0 Å². The Labute approximate surface area is 195 Å². The van der Waals surface area contributed by atoms with Crippen molar-refractivity contribution in [3.05, 3.63) is 28.3 Å². The van der Waals surface area contributed by atoms with Gasteiger partial charge in [0.15, 0.2) is 0 Å². The monoisotopic (exact) mass is 466 g/mol. The van der Waals surface area contributed by atoms with Crippen LogP contribution in [0.4, 0.5) is 11.4 Å². The van der Waals surface area contributed by atoms with E-state index in [1.165, 1.54) is 18.2 Å². The number of benzene rings is 1. The number of nitro groups is 1. The van der Waals surface area contributed by atoms with Crippen molar-refractivity contribution < 1.29 is 24.4 Å². The second-order valence-electron chi connectivity index (χ2n) is 8.45. The number of nitrogens with zero attached hydrogens (tertiary/aromatic N) is 2. The molecule has 1 aromatic carbocycles. The van der Waals surface area contributed by atoms with Crippen LogP contribution in [-0.4, -0.2) is 64.6 Å². The summed E-state index contributed by atoms with van der Waals surface area (Å²) in [6.45, 7) is 12.3. The molecule has 1 aromatic rings. The Morgan fingerprint density at radius 2 is 1.82 bits per heavy atom. The predicted octanol–water partition coefficient (Wildman–Crippen LogP) is 3.65. The van der Waals surface area contributed by atoms with E-state index in [1.807, 2.05) is 0 Å². The summed E-state index contributed by atoms with van der Waals surface area (Å²) in [5.74, 6) is -1.44. The minimum absolute atomic E-state index is 0.00236. The number of nitrogens with one attached hydrogen (secondary N) is 2. The average Bonchev–Trinajstić information content (AvgIpc) is 2.72. The Bertz CT molecular complexity index is 776. The molecule has 0 aliphatic heterocycles. The highest BCUT2D eigenvalue weighted by molar-refractivity contribution is 5.95. The third-order valence-corrected chi connectivity index (χ3v) is 5.25. The van der Waals surface area contributed by atoms with Crippen LogP contribution in [0.3, 0.4) is 0 Å². The molecule has 0 aliphatic rings. The van der Waals surface area contributed by atoms with Crippen molar-refractivity contribution in [1.82, 2.24) is 10.2 Å². The fourth-order valence-electron chi connectivity index (χ4n) is 3.64. The Balaban J connectivity index is 2.55. The van der Waals surface area contributed by atoms with E-state index in [0.29, 0.717) is 31.0 Å². The SMILES string of the molecule is CCOc1ccc(NC(=O)C[C@@H](NCCCCCN(C(C)C)C(C)C)C(=O)O)c([N+](=O)[O-])c1. The van der Waals surface area contributed by atoms with Crippen molar-refractivity contribution in [3.8, 4) is 5.75 Å². The average molecular weight is 467 g/mol. The van der Waals surface area contributed by atoms with Crippen LogP contribution in [0, 0.1) is 10.1 Å². The van der Waals surface area contributed by atoms with E-state index >= 15 is 0 Å². The topological polar surface area (TPSA) is 134 Å². The van der Waals surface area contributed by atoms with E-state index in [1.54, 1.807) is 6.92 Å². The number of aliphatic carboxylic acids is 1. The van der Waals surface area contributed by atoms with Gasteiger partial charge >= 0.3 is 5.97 Å². The van der Waals surface area contributed by atoms with E-state index in [0.717, 1.165) is 25.8 Å². The molecule has 0 bridgehead atoms. The quantitative estimate of drug-likeness (QED) is 0.191.